The molecule has 0 atom stereocenters. The summed E-state index contributed by atoms with van der Waals surface area (Å²) in [7, 11) is 3.54. The molecule has 0 unspecified atom stereocenters. The van der Waals surface area contributed by atoms with Crippen LogP contribution in [0.5, 0.6) is 0 Å². The summed E-state index contributed by atoms with van der Waals surface area (Å²) in [6, 6.07) is 7.81. The van der Waals surface area contributed by atoms with E-state index in [0.29, 0.717) is 0 Å². The summed E-state index contributed by atoms with van der Waals surface area (Å²) < 4.78 is 0. The van der Waals surface area contributed by atoms with Crippen LogP contribution in [0.3, 0.4) is 0 Å². The lowest BCUT2D eigenvalue weighted by Gasteiger charge is -2.35. The number of guanidine groups is 1. The van der Waals surface area contributed by atoms with Gasteiger partial charge in [-0.25, -0.2) is 0 Å². The monoisotopic (exact) mass is 530 g/mol. The molecular formula is C23H39IN4O2. The Morgan fingerprint density at radius 2 is 1.93 bits per heavy atom. The molecule has 170 valence electrons. The van der Waals surface area contributed by atoms with Crippen molar-refractivity contribution in [2.75, 3.05) is 40.3 Å². The van der Waals surface area contributed by atoms with E-state index in [1.165, 1.54) is 19.3 Å². The molecule has 1 aromatic carbocycles. The average Bonchev–Trinajstić information content (AvgIpc) is 2.72. The summed E-state index contributed by atoms with van der Waals surface area (Å²) >= 11 is 0. The normalized spacial score (nSPS) is 15.8. The van der Waals surface area contributed by atoms with Crippen LogP contribution in [0, 0.1) is 5.41 Å². The van der Waals surface area contributed by atoms with Gasteiger partial charge in [0.15, 0.2) is 5.96 Å². The number of nitrogens with zero attached hydrogens (tertiary/aromatic N) is 2. The highest BCUT2D eigenvalue weighted by atomic mass is 127. The van der Waals surface area contributed by atoms with E-state index in [0.717, 1.165) is 62.4 Å². The van der Waals surface area contributed by atoms with E-state index in [1.807, 2.05) is 18.2 Å². The van der Waals surface area contributed by atoms with Crippen LogP contribution >= 0.6 is 24.0 Å². The fourth-order valence-corrected chi connectivity index (χ4v) is 4.06. The van der Waals surface area contributed by atoms with E-state index in [4.69, 9.17) is 4.99 Å². The van der Waals surface area contributed by atoms with E-state index in [1.54, 1.807) is 19.0 Å². The number of carbonyl (C=O) groups excluding carboxylic acids is 1. The highest BCUT2D eigenvalue weighted by molar-refractivity contribution is 14.0. The van der Waals surface area contributed by atoms with Gasteiger partial charge in [-0.1, -0.05) is 31.4 Å². The number of nitrogens with one attached hydrogen (secondary N) is 2. The van der Waals surface area contributed by atoms with Crippen molar-refractivity contribution in [3.05, 3.63) is 35.4 Å². The standard InChI is InChI=1S/C23H38N4O2.HI/c1-4-24-22(26-18-23(14-16-28)12-6-5-7-13-23)25-15-11-19-9-8-10-20(17-19)21(29)27(2)3;/h8-10,17,28H,4-7,11-16,18H2,1-3H3,(H2,24,25,26);1H. The van der Waals surface area contributed by atoms with Gasteiger partial charge in [-0.05, 0) is 55.7 Å². The van der Waals surface area contributed by atoms with Gasteiger partial charge in [0, 0.05) is 45.9 Å². The zero-order chi connectivity index (χ0) is 21.1. The molecule has 0 aromatic heterocycles. The van der Waals surface area contributed by atoms with Crippen LogP contribution in [-0.2, 0) is 6.42 Å². The Morgan fingerprint density at radius 1 is 1.20 bits per heavy atom. The fourth-order valence-electron chi connectivity index (χ4n) is 4.06. The lowest BCUT2D eigenvalue weighted by atomic mass is 9.72. The first-order valence-corrected chi connectivity index (χ1v) is 10.9. The summed E-state index contributed by atoms with van der Waals surface area (Å²) in [5.41, 5.74) is 2.00. The number of halogens is 1. The van der Waals surface area contributed by atoms with Crippen molar-refractivity contribution >= 4 is 35.8 Å². The number of aliphatic hydroxyl groups excluding tert-OH is 1. The quantitative estimate of drug-likeness (QED) is 0.260. The zero-order valence-corrected chi connectivity index (χ0v) is 21.1. The Balaban J connectivity index is 0.00000450. The minimum atomic E-state index is 0. The lowest BCUT2D eigenvalue weighted by molar-refractivity contribution is 0.0827. The number of aliphatic hydroxyl groups is 1. The zero-order valence-electron chi connectivity index (χ0n) is 18.7. The van der Waals surface area contributed by atoms with E-state index >= 15 is 0 Å². The maximum atomic E-state index is 12.1. The van der Waals surface area contributed by atoms with Crippen LogP contribution in [0.4, 0.5) is 0 Å². The molecule has 1 aliphatic rings. The van der Waals surface area contributed by atoms with Gasteiger partial charge in [0.05, 0.1) is 0 Å². The van der Waals surface area contributed by atoms with Gasteiger partial charge in [-0.15, -0.1) is 24.0 Å². The average molecular weight is 530 g/mol. The molecule has 2 rings (SSSR count). The Morgan fingerprint density at radius 3 is 2.57 bits per heavy atom. The third-order valence-electron chi connectivity index (χ3n) is 5.76. The second-order valence-corrected chi connectivity index (χ2v) is 8.31. The predicted molar refractivity (Wildman–Crippen MR) is 135 cm³/mol. The van der Waals surface area contributed by atoms with E-state index in [-0.39, 0.29) is 41.9 Å². The van der Waals surface area contributed by atoms with Gasteiger partial charge in [-0.3, -0.25) is 9.79 Å². The summed E-state index contributed by atoms with van der Waals surface area (Å²) in [5, 5.41) is 16.3. The summed E-state index contributed by atoms with van der Waals surface area (Å²) in [4.78, 5) is 18.6. The third-order valence-corrected chi connectivity index (χ3v) is 5.76. The van der Waals surface area contributed by atoms with Gasteiger partial charge >= 0.3 is 0 Å². The first kappa shape index (κ1) is 26.7. The molecule has 0 radical (unpaired) electrons. The molecule has 0 bridgehead atoms. The molecule has 1 fully saturated rings. The van der Waals surface area contributed by atoms with Gasteiger partial charge in [0.25, 0.3) is 5.91 Å². The van der Waals surface area contributed by atoms with E-state index in [9.17, 15) is 9.90 Å². The third kappa shape index (κ3) is 8.41. The van der Waals surface area contributed by atoms with Crippen molar-refractivity contribution in [3.63, 3.8) is 0 Å². The number of hydrogen-bond donors (Lipinski definition) is 3. The summed E-state index contributed by atoms with van der Waals surface area (Å²) in [5.74, 6) is 0.854. The van der Waals surface area contributed by atoms with Crippen molar-refractivity contribution in [2.45, 2.75) is 51.9 Å². The highest BCUT2D eigenvalue weighted by Gasteiger charge is 2.31. The van der Waals surface area contributed by atoms with Crippen molar-refractivity contribution in [3.8, 4) is 0 Å². The largest absolute Gasteiger partial charge is 0.396 e. The molecule has 0 spiro atoms. The smallest absolute Gasteiger partial charge is 0.253 e. The minimum Gasteiger partial charge on any atom is -0.396 e. The van der Waals surface area contributed by atoms with Crippen LogP contribution in [-0.4, -0.2) is 62.2 Å². The molecule has 0 saturated heterocycles. The Labute approximate surface area is 198 Å². The number of rotatable bonds is 9. The molecular weight excluding hydrogens is 491 g/mol. The van der Waals surface area contributed by atoms with Gasteiger partial charge in [0.1, 0.15) is 0 Å². The number of aliphatic imine (C=N–C) groups is 1. The first-order chi connectivity index (χ1) is 14.0. The van der Waals surface area contributed by atoms with Crippen LogP contribution < -0.4 is 10.6 Å². The predicted octanol–water partition coefficient (Wildman–Crippen LogP) is 3.44. The van der Waals surface area contributed by atoms with Crippen molar-refractivity contribution in [2.24, 2.45) is 10.4 Å². The molecule has 3 N–H and O–H groups in total. The first-order valence-electron chi connectivity index (χ1n) is 10.9. The molecule has 1 aromatic rings. The maximum Gasteiger partial charge on any atom is 0.253 e. The summed E-state index contributed by atoms with van der Waals surface area (Å²) in [6.07, 6.45) is 7.74. The molecule has 1 saturated carbocycles. The Kier molecular flexibility index (Phi) is 12.3. The fraction of sp³-hybridized carbons (Fsp3) is 0.652. The van der Waals surface area contributed by atoms with Gasteiger partial charge in [-0.2, -0.15) is 0 Å². The second-order valence-electron chi connectivity index (χ2n) is 8.31. The minimum absolute atomic E-state index is 0. The Hall–Kier alpha value is -1.35. The highest BCUT2D eigenvalue weighted by Crippen LogP contribution is 2.39. The molecule has 1 amide bonds. The number of hydrogen-bond acceptors (Lipinski definition) is 3. The van der Waals surface area contributed by atoms with Crippen molar-refractivity contribution in [1.29, 1.82) is 0 Å². The number of carbonyl (C=O) groups is 1. The van der Waals surface area contributed by atoms with Crippen LogP contribution in [0.1, 0.15) is 61.4 Å². The Bertz CT molecular complexity index is 667. The van der Waals surface area contributed by atoms with E-state index in [2.05, 4.69) is 23.6 Å². The number of amides is 1. The van der Waals surface area contributed by atoms with Crippen LogP contribution in [0.2, 0.25) is 0 Å². The molecule has 0 heterocycles. The van der Waals surface area contributed by atoms with Gasteiger partial charge in [0.2, 0.25) is 0 Å². The second kappa shape index (κ2) is 13.9. The van der Waals surface area contributed by atoms with Crippen LogP contribution in [0.15, 0.2) is 29.3 Å². The SMILES string of the molecule is CCNC(=NCC1(CCO)CCCCC1)NCCc1cccc(C(=O)N(C)C)c1.I. The van der Waals surface area contributed by atoms with Crippen molar-refractivity contribution in [1.82, 2.24) is 15.5 Å². The molecule has 1 aliphatic carbocycles. The summed E-state index contributed by atoms with van der Waals surface area (Å²) in [6.45, 7) is 4.62. The number of benzene rings is 1. The lowest BCUT2D eigenvalue weighted by Crippen LogP contribution is -2.40. The molecule has 30 heavy (non-hydrogen) atoms. The maximum absolute atomic E-state index is 12.1. The van der Waals surface area contributed by atoms with Crippen LogP contribution in [0.25, 0.3) is 0 Å². The molecule has 0 aliphatic heterocycles. The van der Waals surface area contributed by atoms with Crippen molar-refractivity contribution < 1.29 is 9.90 Å². The van der Waals surface area contributed by atoms with Gasteiger partial charge < -0.3 is 20.6 Å². The molecule has 7 heteroatoms. The topological polar surface area (TPSA) is 77.0 Å². The molecule has 6 nitrogen and oxygen atoms in total. The van der Waals surface area contributed by atoms with E-state index < -0.39 is 0 Å².